The lowest BCUT2D eigenvalue weighted by atomic mass is 10.0. The van der Waals surface area contributed by atoms with Crippen LogP contribution in [0.3, 0.4) is 0 Å². The van der Waals surface area contributed by atoms with Crippen molar-refractivity contribution in [3.05, 3.63) is 52.9 Å². The molecule has 194 valence electrons. The van der Waals surface area contributed by atoms with Gasteiger partial charge >= 0.3 is 5.97 Å². The average Bonchev–Trinajstić information content (AvgIpc) is 3.28. The monoisotopic (exact) mass is 546 g/mol. The highest BCUT2D eigenvalue weighted by Crippen LogP contribution is 2.40. The van der Waals surface area contributed by atoms with E-state index >= 15 is 0 Å². The summed E-state index contributed by atoms with van der Waals surface area (Å²) in [6.45, 7) is 2.74. The smallest absolute Gasteiger partial charge is 0.350 e. The van der Waals surface area contributed by atoms with E-state index in [0.717, 1.165) is 16.2 Å². The molecule has 0 aliphatic carbocycles. The van der Waals surface area contributed by atoms with Gasteiger partial charge in [0.1, 0.15) is 17.1 Å². The second kappa shape index (κ2) is 10.2. The van der Waals surface area contributed by atoms with Crippen LogP contribution in [0.4, 0.5) is 5.13 Å². The Kier molecular flexibility index (Phi) is 7.18. The summed E-state index contributed by atoms with van der Waals surface area (Å²) in [6.07, 6.45) is 3.55. The fraction of sp³-hybridized carbons (Fsp3) is 0.318. The number of carbonyl (C=O) groups is 4. The molecule has 4 N–H and O–H groups in total. The fourth-order valence-electron chi connectivity index (χ4n) is 3.56. The number of hydrogen-bond donors (Lipinski definition) is 3. The van der Waals surface area contributed by atoms with Crippen LogP contribution in [0.5, 0.6) is 0 Å². The first-order chi connectivity index (χ1) is 17.5. The van der Waals surface area contributed by atoms with Gasteiger partial charge in [0.2, 0.25) is 5.60 Å². The maximum atomic E-state index is 13.1. The van der Waals surface area contributed by atoms with E-state index in [-0.39, 0.29) is 28.8 Å². The zero-order valence-corrected chi connectivity index (χ0v) is 21.2. The summed E-state index contributed by atoms with van der Waals surface area (Å²) in [4.78, 5) is 59.6. The van der Waals surface area contributed by atoms with Crippen LogP contribution in [-0.4, -0.2) is 67.2 Å². The van der Waals surface area contributed by atoms with Gasteiger partial charge in [0, 0.05) is 28.8 Å². The second-order valence-electron chi connectivity index (χ2n) is 8.57. The summed E-state index contributed by atoms with van der Waals surface area (Å²) in [7, 11) is 0. The number of thiazole rings is 1. The second-order valence-corrected chi connectivity index (χ2v) is 10.6. The van der Waals surface area contributed by atoms with E-state index in [1.165, 1.54) is 31.0 Å². The molecule has 1 fully saturated rings. The average molecular weight is 547 g/mol. The van der Waals surface area contributed by atoms with Gasteiger partial charge in [-0.2, -0.15) is 0 Å². The molecule has 1 unspecified atom stereocenters. The van der Waals surface area contributed by atoms with Crippen LogP contribution in [0.15, 0.2) is 52.4 Å². The molecule has 2 amide bonds. The molecule has 2 aromatic heterocycles. The maximum absolute atomic E-state index is 13.1. The van der Waals surface area contributed by atoms with Gasteiger partial charge in [-0.05, 0) is 13.8 Å². The number of aromatic nitrogens is 2. The molecular weight excluding hydrogens is 524 g/mol. The lowest BCUT2D eigenvalue weighted by Gasteiger charge is -2.50. The van der Waals surface area contributed by atoms with Crippen molar-refractivity contribution in [3.8, 4) is 0 Å². The number of nitrogens with zero attached hydrogens (tertiary/aromatic N) is 4. The molecule has 2 atom stereocenters. The highest BCUT2D eigenvalue weighted by Gasteiger charge is 2.53. The third kappa shape index (κ3) is 5.27. The number of aliphatic carboxylic acids is 2. The van der Waals surface area contributed by atoms with Crippen LogP contribution in [0.25, 0.3) is 0 Å². The van der Waals surface area contributed by atoms with E-state index in [2.05, 4.69) is 15.5 Å². The number of amides is 2. The first-order valence-electron chi connectivity index (χ1n) is 10.8. The van der Waals surface area contributed by atoms with E-state index in [9.17, 15) is 29.4 Å². The molecule has 2 aliphatic heterocycles. The molecule has 1 saturated heterocycles. The Morgan fingerprint density at radius 2 is 2.05 bits per heavy atom. The van der Waals surface area contributed by atoms with Crippen LogP contribution in [0.1, 0.15) is 19.5 Å². The fourth-order valence-corrected chi connectivity index (χ4v) is 5.45. The van der Waals surface area contributed by atoms with Gasteiger partial charge in [0.05, 0.1) is 11.7 Å². The number of pyridine rings is 1. The molecule has 13 nitrogen and oxygen atoms in total. The number of β-lactam (4-membered cyclic amide) rings is 1. The van der Waals surface area contributed by atoms with Gasteiger partial charge in [0.15, 0.2) is 29.8 Å². The number of anilines is 1. The third-order valence-corrected chi connectivity index (χ3v) is 7.55. The lowest BCUT2D eigenvalue weighted by molar-refractivity contribution is -0.689. The first-order valence-corrected chi connectivity index (χ1v) is 12.8. The number of nitrogens with two attached hydrogens (primary N) is 1. The van der Waals surface area contributed by atoms with Gasteiger partial charge in [-0.3, -0.25) is 14.5 Å². The topological polar surface area (TPSA) is 191 Å². The van der Waals surface area contributed by atoms with Crippen molar-refractivity contribution in [2.75, 3.05) is 11.5 Å². The first kappa shape index (κ1) is 26.1. The molecule has 0 spiro atoms. The summed E-state index contributed by atoms with van der Waals surface area (Å²) < 4.78 is 1.78. The molecule has 4 rings (SSSR count). The van der Waals surface area contributed by atoms with Crippen molar-refractivity contribution in [1.29, 1.82) is 0 Å². The quantitative estimate of drug-likeness (QED) is 0.147. The van der Waals surface area contributed by atoms with Crippen LogP contribution >= 0.6 is 23.1 Å². The number of oxime groups is 1. The van der Waals surface area contributed by atoms with Crippen molar-refractivity contribution in [2.24, 2.45) is 5.16 Å². The predicted octanol–water partition coefficient (Wildman–Crippen LogP) is -1.30. The van der Waals surface area contributed by atoms with Crippen LogP contribution in [0.2, 0.25) is 0 Å². The summed E-state index contributed by atoms with van der Waals surface area (Å²) in [6, 6.07) is 4.36. The highest BCUT2D eigenvalue weighted by molar-refractivity contribution is 8.00. The van der Waals surface area contributed by atoms with Crippen molar-refractivity contribution in [2.45, 2.75) is 37.4 Å². The van der Waals surface area contributed by atoms with Crippen molar-refractivity contribution in [3.63, 3.8) is 0 Å². The number of carbonyl (C=O) groups excluding carboxylic acids is 3. The Labute approximate surface area is 218 Å². The van der Waals surface area contributed by atoms with Crippen LogP contribution < -0.4 is 20.7 Å². The van der Waals surface area contributed by atoms with Gasteiger partial charge in [-0.15, -0.1) is 23.1 Å². The number of hydrogen-bond acceptors (Lipinski definition) is 11. The number of carboxylic acids is 2. The molecule has 0 bridgehead atoms. The standard InChI is InChI=1S/C22H22N6O7S2/c1-22(2,20(33)34)35-26-13(12-10-37-21(23)24-12)16(29)25-14-17(30)28-15(19(31)32)11(9-36-18(14)28)8-27-6-4-3-5-7-27/h3-7,10,14,18H,8-9H2,1-2H3,(H4-,23,24,25,29,31,32,33,34)/b26-13+/t14-,18?/m1/s1. The van der Waals surface area contributed by atoms with Gasteiger partial charge in [-0.1, -0.05) is 11.2 Å². The van der Waals surface area contributed by atoms with Gasteiger partial charge in [-0.25, -0.2) is 14.3 Å². The zero-order valence-electron chi connectivity index (χ0n) is 19.6. The molecule has 37 heavy (non-hydrogen) atoms. The summed E-state index contributed by atoms with van der Waals surface area (Å²) in [5.41, 5.74) is 3.83. The van der Waals surface area contributed by atoms with Crippen molar-refractivity contribution >= 4 is 57.7 Å². The van der Waals surface area contributed by atoms with Gasteiger partial charge in [0.25, 0.3) is 11.8 Å². The van der Waals surface area contributed by atoms with E-state index in [1.54, 1.807) is 29.1 Å². The van der Waals surface area contributed by atoms with Crippen LogP contribution in [-0.2, 0) is 30.6 Å². The number of nitrogens with one attached hydrogen (secondary N) is 1. The number of thioether (sulfide) groups is 1. The maximum Gasteiger partial charge on any atom is 0.350 e. The minimum Gasteiger partial charge on any atom is -0.543 e. The van der Waals surface area contributed by atoms with E-state index < -0.39 is 40.8 Å². The predicted molar refractivity (Wildman–Crippen MR) is 130 cm³/mol. The lowest BCUT2D eigenvalue weighted by Crippen LogP contribution is -2.71. The SMILES string of the molecule is CC(C)(O/N=C(/C(=O)N[C@@H]1C(=O)N2C(C(=O)[O-])=C(C[n+]3ccccc3)CSC12)c1csc(N)n1)C(=O)O. The normalized spacial score (nSPS) is 19.7. The Bertz CT molecular complexity index is 1320. The van der Waals surface area contributed by atoms with Crippen LogP contribution in [0, 0.1) is 0 Å². The zero-order chi connectivity index (χ0) is 26.9. The van der Waals surface area contributed by atoms with Crippen molar-refractivity contribution in [1.82, 2.24) is 15.2 Å². The van der Waals surface area contributed by atoms with E-state index in [4.69, 9.17) is 10.6 Å². The Hall–Kier alpha value is -3.98. The summed E-state index contributed by atoms with van der Waals surface area (Å²) in [5, 5.41) is 28.4. The summed E-state index contributed by atoms with van der Waals surface area (Å²) in [5.74, 6) is -4.01. The van der Waals surface area contributed by atoms with Gasteiger partial charge < -0.3 is 30.9 Å². The molecule has 0 aromatic carbocycles. The Morgan fingerprint density at radius 3 is 2.65 bits per heavy atom. The number of fused-ring (bicyclic) bond motifs is 1. The third-order valence-electron chi connectivity index (χ3n) is 5.54. The van der Waals surface area contributed by atoms with E-state index in [1.807, 2.05) is 6.07 Å². The Balaban J connectivity index is 1.55. The highest BCUT2D eigenvalue weighted by atomic mass is 32.2. The van der Waals surface area contributed by atoms with Crippen molar-refractivity contribution < 1.29 is 38.8 Å². The van der Waals surface area contributed by atoms with E-state index in [0.29, 0.717) is 11.3 Å². The molecule has 15 heteroatoms. The molecule has 2 aliphatic rings. The number of rotatable bonds is 9. The molecule has 0 radical (unpaired) electrons. The summed E-state index contributed by atoms with van der Waals surface area (Å²) >= 11 is 2.32. The number of carboxylic acid groups (broad SMARTS) is 2. The molecular formula is C22H22N6O7S2. The molecule has 0 saturated carbocycles. The molecule has 4 heterocycles. The minimum absolute atomic E-state index is 0.0265. The Morgan fingerprint density at radius 1 is 1.35 bits per heavy atom. The minimum atomic E-state index is -1.75. The number of nitrogen functional groups attached to an aromatic ring is 1. The molecule has 2 aromatic rings. The largest absolute Gasteiger partial charge is 0.543 e.